The number of piperidine rings is 1. The van der Waals surface area contributed by atoms with Crippen LogP contribution in [0, 0.1) is 11.5 Å². The Bertz CT molecular complexity index is 1140. The van der Waals surface area contributed by atoms with Gasteiger partial charge >= 0.3 is 0 Å². The summed E-state index contributed by atoms with van der Waals surface area (Å²) in [5.74, 6) is 0.903. The molecule has 1 atom stereocenters. The molecule has 1 saturated heterocycles. The summed E-state index contributed by atoms with van der Waals surface area (Å²) in [6.07, 6.45) is 4.23. The molecule has 0 amide bonds. The van der Waals surface area contributed by atoms with Crippen molar-refractivity contribution in [3.63, 3.8) is 0 Å². The number of fused-ring (bicyclic) bond motifs is 1. The average molecular weight is 468 g/mol. The minimum Gasteiger partial charge on any atom is -0.489 e. The van der Waals surface area contributed by atoms with Gasteiger partial charge in [-0.05, 0) is 55.2 Å². The number of nitriles is 1. The maximum atomic E-state index is 9.42. The SMILES string of the molecule is CCN1c2ccccc2N(C2CCN(Cc3ccc(OCc4ccccc4)cc3)CC2)C1NC#N. The Morgan fingerprint density at radius 2 is 1.57 bits per heavy atom. The first-order valence-corrected chi connectivity index (χ1v) is 12.5. The minimum absolute atomic E-state index is 0.109. The third kappa shape index (κ3) is 5.06. The molecule has 6 nitrogen and oxygen atoms in total. The molecule has 3 aromatic rings. The van der Waals surface area contributed by atoms with Crippen molar-refractivity contribution in [1.82, 2.24) is 10.2 Å². The summed E-state index contributed by atoms with van der Waals surface area (Å²) in [5.41, 5.74) is 4.92. The van der Waals surface area contributed by atoms with Gasteiger partial charge < -0.3 is 14.5 Å². The van der Waals surface area contributed by atoms with Crippen molar-refractivity contribution < 1.29 is 4.74 Å². The zero-order valence-corrected chi connectivity index (χ0v) is 20.3. The molecule has 0 aliphatic carbocycles. The molecule has 1 unspecified atom stereocenters. The van der Waals surface area contributed by atoms with Crippen molar-refractivity contribution in [2.24, 2.45) is 0 Å². The van der Waals surface area contributed by atoms with Crippen molar-refractivity contribution in [3.05, 3.63) is 90.0 Å². The summed E-state index contributed by atoms with van der Waals surface area (Å²) in [6, 6.07) is 27.7. The van der Waals surface area contributed by atoms with Crippen molar-refractivity contribution in [2.45, 2.75) is 45.2 Å². The van der Waals surface area contributed by atoms with Crippen LogP contribution in [0.4, 0.5) is 11.4 Å². The van der Waals surface area contributed by atoms with E-state index in [2.05, 4.69) is 93.8 Å². The van der Waals surface area contributed by atoms with Crippen LogP contribution in [-0.2, 0) is 13.2 Å². The molecule has 5 rings (SSSR count). The van der Waals surface area contributed by atoms with Gasteiger partial charge in [0, 0.05) is 32.2 Å². The van der Waals surface area contributed by atoms with Crippen LogP contribution in [0.5, 0.6) is 5.75 Å². The molecule has 2 aliphatic heterocycles. The minimum atomic E-state index is -0.109. The van der Waals surface area contributed by atoms with Gasteiger partial charge in [-0.3, -0.25) is 10.2 Å². The fraction of sp³-hybridized carbons (Fsp3) is 0.345. The van der Waals surface area contributed by atoms with Crippen molar-refractivity contribution >= 4 is 11.4 Å². The lowest BCUT2D eigenvalue weighted by molar-refractivity contribution is 0.197. The van der Waals surface area contributed by atoms with Crippen molar-refractivity contribution in [3.8, 4) is 11.9 Å². The zero-order chi connectivity index (χ0) is 24.0. The Labute approximate surface area is 208 Å². The Hall–Kier alpha value is -3.69. The maximum absolute atomic E-state index is 9.42. The van der Waals surface area contributed by atoms with Crippen LogP contribution in [0.3, 0.4) is 0 Å². The quantitative estimate of drug-likeness (QED) is 0.374. The highest BCUT2D eigenvalue weighted by Gasteiger charge is 2.39. The summed E-state index contributed by atoms with van der Waals surface area (Å²) in [5, 5.41) is 12.5. The highest BCUT2D eigenvalue weighted by Crippen LogP contribution is 2.41. The Kier molecular flexibility index (Phi) is 7.06. The van der Waals surface area contributed by atoms with E-state index >= 15 is 0 Å². The largest absolute Gasteiger partial charge is 0.489 e. The normalized spacial score (nSPS) is 18.2. The number of hydrogen-bond donors (Lipinski definition) is 1. The van der Waals surface area contributed by atoms with Gasteiger partial charge in [-0.25, -0.2) is 0 Å². The third-order valence-electron chi connectivity index (χ3n) is 7.09. The van der Waals surface area contributed by atoms with E-state index in [-0.39, 0.29) is 6.29 Å². The number of rotatable bonds is 8. The summed E-state index contributed by atoms with van der Waals surface area (Å²) in [6.45, 7) is 6.62. The van der Waals surface area contributed by atoms with E-state index < -0.39 is 0 Å². The Morgan fingerprint density at radius 1 is 0.886 bits per heavy atom. The van der Waals surface area contributed by atoms with Crippen LogP contribution >= 0.6 is 0 Å². The molecule has 180 valence electrons. The smallest absolute Gasteiger partial charge is 0.187 e. The number of nitrogens with zero attached hydrogens (tertiary/aromatic N) is 4. The topological polar surface area (TPSA) is 54.8 Å². The standard InChI is InChI=1S/C29H33N5O/c1-2-33-27-10-6-7-11-28(27)34(29(33)31-22-30)25-16-18-32(19-17-25)20-23-12-14-26(15-13-23)35-21-24-8-4-3-5-9-24/h3-15,25,29,31H,2,16-21H2,1H3. The molecule has 0 saturated carbocycles. The molecule has 1 N–H and O–H groups in total. The zero-order valence-electron chi connectivity index (χ0n) is 20.3. The first-order valence-electron chi connectivity index (χ1n) is 12.5. The monoisotopic (exact) mass is 467 g/mol. The predicted octanol–water partition coefficient (Wildman–Crippen LogP) is 4.93. The van der Waals surface area contributed by atoms with Gasteiger partial charge in [-0.1, -0.05) is 54.6 Å². The summed E-state index contributed by atoms with van der Waals surface area (Å²) < 4.78 is 5.93. The fourth-order valence-corrected chi connectivity index (χ4v) is 5.33. The van der Waals surface area contributed by atoms with E-state index in [1.165, 1.54) is 22.5 Å². The van der Waals surface area contributed by atoms with Gasteiger partial charge in [0.1, 0.15) is 12.4 Å². The molecule has 2 aliphatic rings. The predicted molar refractivity (Wildman–Crippen MR) is 140 cm³/mol. The Balaban J connectivity index is 1.17. The third-order valence-corrected chi connectivity index (χ3v) is 7.09. The van der Waals surface area contributed by atoms with E-state index in [1.54, 1.807) is 0 Å². The lowest BCUT2D eigenvalue weighted by atomic mass is 10.0. The number of likely N-dealkylation sites (tertiary alicyclic amines) is 1. The van der Waals surface area contributed by atoms with E-state index in [1.807, 2.05) is 18.2 Å². The highest BCUT2D eigenvalue weighted by atomic mass is 16.5. The molecule has 35 heavy (non-hydrogen) atoms. The molecule has 0 bridgehead atoms. The lowest BCUT2D eigenvalue weighted by Gasteiger charge is -2.41. The lowest BCUT2D eigenvalue weighted by Crippen LogP contribution is -2.57. The number of ether oxygens (including phenoxy) is 1. The second-order valence-corrected chi connectivity index (χ2v) is 9.24. The second kappa shape index (κ2) is 10.7. The van der Waals surface area contributed by atoms with E-state index in [4.69, 9.17) is 4.74 Å². The van der Waals surface area contributed by atoms with Crippen LogP contribution in [0.15, 0.2) is 78.9 Å². The highest BCUT2D eigenvalue weighted by molar-refractivity contribution is 5.78. The molecular weight excluding hydrogens is 434 g/mol. The summed E-state index contributed by atoms with van der Waals surface area (Å²) in [4.78, 5) is 7.24. The summed E-state index contributed by atoms with van der Waals surface area (Å²) in [7, 11) is 0. The van der Waals surface area contributed by atoms with Gasteiger partial charge in [0.15, 0.2) is 12.5 Å². The van der Waals surface area contributed by atoms with E-state index in [0.717, 1.165) is 44.8 Å². The molecule has 6 heteroatoms. The van der Waals surface area contributed by atoms with Crippen LogP contribution in [0.2, 0.25) is 0 Å². The molecular formula is C29H33N5O. The number of nitrogens with one attached hydrogen (secondary N) is 1. The number of para-hydroxylation sites is 2. The number of hydrogen-bond acceptors (Lipinski definition) is 6. The molecule has 3 aromatic carbocycles. The maximum Gasteiger partial charge on any atom is 0.187 e. The van der Waals surface area contributed by atoms with E-state index in [9.17, 15) is 5.26 Å². The van der Waals surface area contributed by atoms with Gasteiger partial charge in [0.05, 0.1) is 11.4 Å². The van der Waals surface area contributed by atoms with E-state index in [0.29, 0.717) is 12.6 Å². The first kappa shape index (κ1) is 23.1. The van der Waals surface area contributed by atoms with Crippen LogP contribution in [-0.4, -0.2) is 36.9 Å². The van der Waals surface area contributed by atoms with Crippen molar-refractivity contribution in [1.29, 1.82) is 5.26 Å². The number of anilines is 2. The Morgan fingerprint density at radius 3 is 2.26 bits per heavy atom. The summed E-state index contributed by atoms with van der Waals surface area (Å²) >= 11 is 0. The molecule has 0 spiro atoms. The van der Waals surface area contributed by atoms with Gasteiger partial charge in [0.2, 0.25) is 0 Å². The molecule has 2 heterocycles. The first-order chi connectivity index (χ1) is 17.3. The van der Waals surface area contributed by atoms with Crippen LogP contribution < -0.4 is 19.9 Å². The fourth-order valence-electron chi connectivity index (χ4n) is 5.33. The molecule has 1 fully saturated rings. The number of benzene rings is 3. The van der Waals surface area contributed by atoms with Crippen LogP contribution in [0.1, 0.15) is 30.9 Å². The van der Waals surface area contributed by atoms with Crippen LogP contribution in [0.25, 0.3) is 0 Å². The van der Waals surface area contributed by atoms with Gasteiger partial charge in [0.25, 0.3) is 0 Å². The van der Waals surface area contributed by atoms with Gasteiger partial charge in [-0.15, -0.1) is 0 Å². The van der Waals surface area contributed by atoms with Gasteiger partial charge in [-0.2, -0.15) is 5.26 Å². The van der Waals surface area contributed by atoms with Crippen molar-refractivity contribution in [2.75, 3.05) is 29.4 Å². The second-order valence-electron chi connectivity index (χ2n) is 9.24. The molecule has 0 radical (unpaired) electrons. The average Bonchev–Trinajstić information content (AvgIpc) is 3.22. The molecule has 0 aromatic heterocycles.